The maximum Gasteiger partial charge on any atom is 0.488 e. The van der Waals surface area contributed by atoms with Gasteiger partial charge in [-0.05, 0) is 48.5 Å². The van der Waals surface area contributed by atoms with Crippen LogP contribution in [-0.4, -0.2) is 48.9 Å². The van der Waals surface area contributed by atoms with Gasteiger partial charge in [0, 0.05) is 20.2 Å². The predicted octanol–water partition coefficient (Wildman–Crippen LogP) is 0.364. The third-order valence-corrected chi connectivity index (χ3v) is 3.79. The van der Waals surface area contributed by atoms with Gasteiger partial charge < -0.3 is 14.8 Å². The van der Waals surface area contributed by atoms with Crippen molar-refractivity contribution in [3.63, 3.8) is 0 Å². The highest BCUT2D eigenvalue weighted by atomic mass is 19.1. The van der Waals surface area contributed by atoms with Crippen LogP contribution in [0.25, 0.3) is 0 Å². The van der Waals surface area contributed by atoms with Crippen LogP contribution in [0.3, 0.4) is 0 Å². The summed E-state index contributed by atoms with van der Waals surface area (Å²) in [6.07, 6.45) is 2.26. The molecule has 1 aromatic carbocycles. The van der Waals surface area contributed by atoms with E-state index >= 15 is 0 Å². The van der Waals surface area contributed by atoms with E-state index in [1.165, 1.54) is 12.1 Å². The lowest BCUT2D eigenvalue weighted by Crippen LogP contribution is -2.40. The molecule has 2 N–H and O–H groups in total. The van der Waals surface area contributed by atoms with E-state index in [-0.39, 0.29) is 5.46 Å². The Kier molecular flexibility index (Phi) is 5.54. The van der Waals surface area contributed by atoms with E-state index in [0.29, 0.717) is 12.5 Å². The second kappa shape index (κ2) is 7.17. The first-order valence-corrected chi connectivity index (χ1v) is 6.96. The van der Waals surface area contributed by atoms with Gasteiger partial charge in [-0.1, -0.05) is 6.07 Å². The van der Waals surface area contributed by atoms with E-state index < -0.39 is 12.9 Å². The lowest BCUT2D eigenvalue weighted by molar-refractivity contribution is 0.0874. The molecule has 1 unspecified atom stereocenters. The standard InChI is InChI=1S/C14H21BFNO3/c1-20-10-11-3-2-6-17(8-11)9-12-4-5-13(16)7-14(12)15(18)19/h4-5,7,11,18-19H,2-3,6,8-10H2,1H3. The van der Waals surface area contributed by atoms with E-state index in [1.54, 1.807) is 13.2 Å². The van der Waals surface area contributed by atoms with Crippen LogP contribution in [-0.2, 0) is 11.3 Å². The smallest absolute Gasteiger partial charge is 0.423 e. The average Bonchev–Trinajstić information content (AvgIpc) is 2.41. The number of methoxy groups -OCH3 is 1. The summed E-state index contributed by atoms with van der Waals surface area (Å²) < 4.78 is 18.4. The molecule has 1 aromatic rings. The highest BCUT2D eigenvalue weighted by Gasteiger charge is 2.23. The van der Waals surface area contributed by atoms with Crippen molar-refractivity contribution < 1.29 is 19.2 Å². The third-order valence-electron chi connectivity index (χ3n) is 3.79. The van der Waals surface area contributed by atoms with Gasteiger partial charge in [0.25, 0.3) is 0 Å². The second-order valence-electron chi connectivity index (χ2n) is 5.42. The molecule has 0 amide bonds. The summed E-state index contributed by atoms with van der Waals surface area (Å²) in [5.41, 5.74) is 1.01. The minimum atomic E-state index is -1.64. The molecular formula is C14H21BFNO3. The Morgan fingerprint density at radius 1 is 1.45 bits per heavy atom. The minimum Gasteiger partial charge on any atom is -0.423 e. The average molecular weight is 281 g/mol. The maximum absolute atomic E-state index is 13.2. The number of rotatable bonds is 5. The van der Waals surface area contributed by atoms with Gasteiger partial charge in [0.2, 0.25) is 0 Å². The summed E-state index contributed by atoms with van der Waals surface area (Å²) >= 11 is 0. The van der Waals surface area contributed by atoms with Crippen LogP contribution in [0.2, 0.25) is 0 Å². The van der Waals surface area contributed by atoms with Crippen molar-refractivity contribution >= 4 is 12.6 Å². The Bertz CT molecular complexity index is 442. The molecule has 0 aliphatic carbocycles. The van der Waals surface area contributed by atoms with Gasteiger partial charge in [-0.2, -0.15) is 0 Å². The molecule has 6 heteroatoms. The molecule has 1 atom stereocenters. The van der Waals surface area contributed by atoms with Crippen molar-refractivity contribution in [2.24, 2.45) is 5.92 Å². The van der Waals surface area contributed by atoms with E-state index in [4.69, 9.17) is 4.74 Å². The van der Waals surface area contributed by atoms with Crippen molar-refractivity contribution in [2.45, 2.75) is 19.4 Å². The van der Waals surface area contributed by atoms with Crippen LogP contribution in [0.15, 0.2) is 18.2 Å². The first kappa shape index (κ1) is 15.4. The van der Waals surface area contributed by atoms with Gasteiger partial charge in [0.05, 0.1) is 6.61 Å². The van der Waals surface area contributed by atoms with E-state index in [0.717, 1.165) is 38.1 Å². The maximum atomic E-state index is 13.2. The molecule has 4 nitrogen and oxygen atoms in total. The van der Waals surface area contributed by atoms with Crippen molar-refractivity contribution in [3.8, 4) is 0 Å². The first-order chi connectivity index (χ1) is 9.60. The SMILES string of the molecule is COCC1CCCN(Cc2ccc(F)cc2B(O)O)C1. The molecule has 1 aliphatic heterocycles. The zero-order valence-corrected chi connectivity index (χ0v) is 11.8. The van der Waals surface area contributed by atoms with Gasteiger partial charge in [-0.3, -0.25) is 4.90 Å². The molecule has 20 heavy (non-hydrogen) atoms. The zero-order valence-electron chi connectivity index (χ0n) is 11.8. The van der Waals surface area contributed by atoms with Gasteiger partial charge >= 0.3 is 7.12 Å². The molecule has 0 aromatic heterocycles. The lowest BCUT2D eigenvalue weighted by atomic mass is 9.76. The quantitative estimate of drug-likeness (QED) is 0.765. The number of ether oxygens (including phenoxy) is 1. The predicted molar refractivity (Wildman–Crippen MR) is 76.1 cm³/mol. The third kappa shape index (κ3) is 4.02. The molecule has 1 saturated heterocycles. The summed E-state index contributed by atoms with van der Waals surface area (Å²) in [7, 11) is 0.0688. The van der Waals surface area contributed by atoms with Crippen molar-refractivity contribution in [2.75, 3.05) is 26.8 Å². The van der Waals surface area contributed by atoms with Crippen molar-refractivity contribution in [1.29, 1.82) is 0 Å². The van der Waals surface area contributed by atoms with Crippen LogP contribution >= 0.6 is 0 Å². The monoisotopic (exact) mass is 281 g/mol. The summed E-state index contributed by atoms with van der Waals surface area (Å²) in [5.74, 6) is 0.0597. The molecule has 1 aliphatic rings. The number of likely N-dealkylation sites (tertiary alicyclic amines) is 1. The fourth-order valence-electron chi connectivity index (χ4n) is 2.86. The highest BCUT2D eigenvalue weighted by Crippen LogP contribution is 2.18. The Hall–Kier alpha value is -0.945. The summed E-state index contributed by atoms with van der Waals surface area (Å²) in [4.78, 5) is 2.26. The second-order valence-corrected chi connectivity index (χ2v) is 5.42. The van der Waals surface area contributed by atoms with Crippen LogP contribution in [0.5, 0.6) is 0 Å². The summed E-state index contributed by atoms with van der Waals surface area (Å²) in [5, 5.41) is 18.7. The summed E-state index contributed by atoms with van der Waals surface area (Å²) in [6.45, 7) is 3.24. The van der Waals surface area contributed by atoms with Gasteiger partial charge in [0.15, 0.2) is 0 Å². The number of benzene rings is 1. The normalized spacial score (nSPS) is 20.1. The van der Waals surface area contributed by atoms with Crippen LogP contribution in [0.4, 0.5) is 4.39 Å². The van der Waals surface area contributed by atoms with Crippen LogP contribution in [0, 0.1) is 11.7 Å². The number of piperidine rings is 1. The fourth-order valence-corrected chi connectivity index (χ4v) is 2.86. The van der Waals surface area contributed by atoms with E-state index in [1.807, 2.05) is 0 Å². The molecular weight excluding hydrogens is 260 g/mol. The zero-order chi connectivity index (χ0) is 14.5. The Morgan fingerprint density at radius 2 is 2.25 bits per heavy atom. The Balaban J connectivity index is 2.05. The minimum absolute atomic E-state index is 0.249. The fraction of sp³-hybridized carbons (Fsp3) is 0.571. The summed E-state index contributed by atoms with van der Waals surface area (Å²) in [6, 6.07) is 4.18. The van der Waals surface area contributed by atoms with Gasteiger partial charge in [0.1, 0.15) is 5.82 Å². The molecule has 2 rings (SSSR count). The van der Waals surface area contributed by atoms with Crippen LogP contribution < -0.4 is 5.46 Å². The Labute approximate surface area is 119 Å². The molecule has 110 valence electrons. The number of hydrogen-bond donors (Lipinski definition) is 2. The van der Waals surface area contributed by atoms with Crippen LogP contribution in [0.1, 0.15) is 18.4 Å². The van der Waals surface area contributed by atoms with Gasteiger partial charge in [-0.15, -0.1) is 0 Å². The van der Waals surface area contributed by atoms with Crippen molar-refractivity contribution in [3.05, 3.63) is 29.6 Å². The number of nitrogens with zero attached hydrogens (tertiary/aromatic N) is 1. The Morgan fingerprint density at radius 3 is 2.95 bits per heavy atom. The molecule has 0 spiro atoms. The van der Waals surface area contributed by atoms with E-state index in [2.05, 4.69) is 4.90 Å². The van der Waals surface area contributed by atoms with Gasteiger partial charge in [-0.25, -0.2) is 4.39 Å². The van der Waals surface area contributed by atoms with E-state index in [9.17, 15) is 14.4 Å². The number of hydrogen-bond acceptors (Lipinski definition) is 4. The molecule has 0 radical (unpaired) electrons. The molecule has 1 heterocycles. The number of halogens is 1. The first-order valence-electron chi connectivity index (χ1n) is 6.96. The topological polar surface area (TPSA) is 52.9 Å². The molecule has 0 saturated carbocycles. The lowest BCUT2D eigenvalue weighted by Gasteiger charge is -2.32. The highest BCUT2D eigenvalue weighted by molar-refractivity contribution is 6.59. The molecule has 1 fully saturated rings. The molecule has 0 bridgehead atoms. The van der Waals surface area contributed by atoms with Crippen molar-refractivity contribution in [1.82, 2.24) is 4.90 Å². The largest absolute Gasteiger partial charge is 0.488 e.